The molecule has 0 saturated heterocycles. The molecule has 4 heteroatoms. The molecule has 1 unspecified atom stereocenters. The van der Waals surface area contributed by atoms with Gasteiger partial charge in [-0.3, -0.25) is 4.79 Å². The SMILES string of the molecule is CC(C)C(C)CNC(=O)c1ccc(Br)cn1. The lowest BCUT2D eigenvalue weighted by Gasteiger charge is -2.15. The summed E-state index contributed by atoms with van der Waals surface area (Å²) in [6.45, 7) is 7.11. The highest BCUT2D eigenvalue weighted by Crippen LogP contribution is 2.09. The molecular formula is C12H17BrN2O. The quantitative estimate of drug-likeness (QED) is 0.924. The van der Waals surface area contributed by atoms with Crippen molar-refractivity contribution in [1.82, 2.24) is 10.3 Å². The van der Waals surface area contributed by atoms with Gasteiger partial charge in [0.2, 0.25) is 0 Å². The molecule has 0 aliphatic rings. The first-order chi connectivity index (χ1) is 7.50. The molecule has 0 spiro atoms. The van der Waals surface area contributed by atoms with Crippen LogP contribution in [0.15, 0.2) is 22.8 Å². The summed E-state index contributed by atoms with van der Waals surface area (Å²) in [4.78, 5) is 15.7. The van der Waals surface area contributed by atoms with E-state index in [9.17, 15) is 4.79 Å². The van der Waals surface area contributed by atoms with Gasteiger partial charge in [-0.15, -0.1) is 0 Å². The summed E-state index contributed by atoms with van der Waals surface area (Å²) in [5.74, 6) is 0.928. The molecule has 1 aromatic rings. The van der Waals surface area contributed by atoms with Crippen LogP contribution in [0.5, 0.6) is 0 Å². The van der Waals surface area contributed by atoms with Gasteiger partial charge >= 0.3 is 0 Å². The third kappa shape index (κ3) is 3.93. The Hall–Kier alpha value is -0.900. The number of nitrogens with zero attached hydrogens (tertiary/aromatic N) is 1. The fraction of sp³-hybridized carbons (Fsp3) is 0.500. The molecule has 0 radical (unpaired) electrons. The molecule has 0 aromatic carbocycles. The third-order valence-corrected chi connectivity index (χ3v) is 3.15. The minimum absolute atomic E-state index is 0.111. The number of pyridine rings is 1. The van der Waals surface area contributed by atoms with E-state index in [1.807, 2.05) is 6.07 Å². The van der Waals surface area contributed by atoms with E-state index in [2.05, 4.69) is 47.0 Å². The molecule has 1 rings (SSSR count). The van der Waals surface area contributed by atoms with Gasteiger partial charge in [0.15, 0.2) is 0 Å². The van der Waals surface area contributed by atoms with Crippen LogP contribution in [0, 0.1) is 11.8 Å². The van der Waals surface area contributed by atoms with Crippen molar-refractivity contribution in [3.8, 4) is 0 Å². The topological polar surface area (TPSA) is 42.0 Å². The number of amides is 1. The molecule has 0 aliphatic heterocycles. The Balaban J connectivity index is 2.50. The number of nitrogens with one attached hydrogen (secondary N) is 1. The van der Waals surface area contributed by atoms with Gasteiger partial charge in [-0.05, 0) is 39.9 Å². The Morgan fingerprint density at radius 1 is 1.44 bits per heavy atom. The molecule has 1 N–H and O–H groups in total. The van der Waals surface area contributed by atoms with Crippen LogP contribution in [0.2, 0.25) is 0 Å². The average Bonchev–Trinajstić information content (AvgIpc) is 2.26. The second-order valence-corrected chi connectivity index (χ2v) is 5.21. The van der Waals surface area contributed by atoms with E-state index in [-0.39, 0.29) is 5.91 Å². The molecule has 1 heterocycles. The molecule has 1 atom stereocenters. The van der Waals surface area contributed by atoms with Crippen LogP contribution in [0.25, 0.3) is 0 Å². The molecule has 0 aliphatic carbocycles. The van der Waals surface area contributed by atoms with E-state index in [1.54, 1.807) is 12.3 Å². The molecule has 0 fully saturated rings. The van der Waals surface area contributed by atoms with Crippen molar-refractivity contribution in [2.45, 2.75) is 20.8 Å². The van der Waals surface area contributed by atoms with Crippen molar-refractivity contribution in [1.29, 1.82) is 0 Å². The average molecular weight is 285 g/mol. The molecule has 88 valence electrons. The molecule has 3 nitrogen and oxygen atoms in total. The number of carbonyl (C=O) groups excluding carboxylic acids is 1. The Morgan fingerprint density at radius 2 is 2.12 bits per heavy atom. The van der Waals surface area contributed by atoms with Crippen LogP contribution in [0.4, 0.5) is 0 Å². The standard InChI is InChI=1S/C12H17BrN2O/c1-8(2)9(3)6-15-12(16)11-5-4-10(13)7-14-11/h4-5,7-9H,6H2,1-3H3,(H,15,16). The first-order valence-electron chi connectivity index (χ1n) is 5.40. The number of hydrogen-bond acceptors (Lipinski definition) is 2. The third-order valence-electron chi connectivity index (χ3n) is 2.68. The van der Waals surface area contributed by atoms with Gasteiger partial charge in [-0.1, -0.05) is 20.8 Å². The van der Waals surface area contributed by atoms with Crippen LogP contribution < -0.4 is 5.32 Å². The summed E-state index contributed by atoms with van der Waals surface area (Å²) in [6, 6.07) is 3.52. The molecule has 16 heavy (non-hydrogen) atoms. The van der Waals surface area contributed by atoms with Crippen LogP contribution in [-0.2, 0) is 0 Å². The van der Waals surface area contributed by atoms with E-state index >= 15 is 0 Å². The van der Waals surface area contributed by atoms with Crippen molar-refractivity contribution in [3.05, 3.63) is 28.5 Å². The highest BCUT2D eigenvalue weighted by molar-refractivity contribution is 9.10. The summed E-state index contributed by atoms with van der Waals surface area (Å²) in [6.07, 6.45) is 1.63. The second kappa shape index (κ2) is 5.99. The van der Waals surface area contributed by atoms with E-state index in [0.717, 1.165) is 4.47 Å². The van der Waals surface area contributed by atoms with Crippen LogP contribution in [0.1, 0.15) is 31.3 Å². The summed E-state index contributed by atoms with van der Waals surface area (Å²) in [5.41, 5.74) is 0.458. The van der Waals surface area contributed by atoms with Crippen LogP contribution >= 0.6 is 15.9 Å². The van der Waals surface area contributed by atoms with Gasteiger partial charge in [0.25, 0.3) is 5.91 Å². The minimum atomic E-state index is -0.111. The van der Waals surface area contributed by atoms with E-state index in [1.165, 1.54) is 0 Å². The van der Waals surface area contributed by atoms with Crippen LogP contribution in [-0.4, -0.2) is 17.4 Å². The molecular weight excluding hydrogens is 268 g/mol. The first kappa shape index (κ1) is 13.2. The Labute approximate surface area is 105 Å². The summed E-state index contributed by atoms with van der Waals surface area (Å²) in [5, 5.41) is 2.88. The maximum atomic E-state index is 11.7. The van der Waals surface area contributed by atoms with E-state index in [0.29, 0.717) is 24.1 Å². The van der Waals surface area contributed by atoms with Crippen molar-refractivity contribution in [3.63, 3.8) is 0 Å². The lowest BCUT2D eigenvalue weighted by Crippen LogP contribution is -2.30. The van der Waals surface area contributed by atoms with E-state index < -0.39 is 0 Å². The normalized spacial score (nSPS) is 12.6. The zero-order chi connectivity index (χ0) is 12.1. The maximum Gasteiger partial charge on any atom is 0.269 e. The smallest absolute Gasteiger partial charge is 0.269 e. The summed E-state index contributed by atoms with van der Waals surface area (Å²) >= 11 is 3.28. The zero-order valence-corrected chi connectivity index (χ0v) is 11.4. The molecule has 1 amide bonds. The first-order valence-corrected chi connectivity index (χ1v) is 6.19. The number of rotatable bonds is 4. The maximum absolute atomic E-state index is 11.7. The zero-order valence-electron chi connectivity index (χ0n) is 9.83. The number of aromatic nitrogens is 1. The molecule has 1 aromatic heterocycles. The fourth-order valence-electron chi connectivity index (χ4n) is 1.09. The van der Waals surface area contributed by atoms with Crippen LogP contribution in [0.3, 0.4) is 0 Å². The Bertz CT molecular complexity index is 349. The van der Waals surface area contributed by atoms with E-state index in [4.69, 9.17) is 0 Å². The molecule has 0 bridgehead atoms. The van der Waals surface area contributed by atoms with Crippen molar-refractivity contribution >= 4 is 21.8 Å². The number of halogens is 1. The predicted octanol–water partition coefficient (Wildman–Crippen LogP) is 2.87. The molecule has 0 saturated carbocycles. The predicted molar refractivity (Wildman–Crippen MR) is 68.3 cm³/mol. The van der Waals surface area contributed by atoms with Gasteiger partial charge in [-0.25, -0.2) is 4.98 Å². The Morgan fingerprint density at radius 3 is 2.62 bits per heavy atom. The fourth-order valence-corrected chi connectivity index (χ4v) is 1.32. The number of carbonyl (C=O) groups is 1. The van der Waals surface area contributed by atoms with Gasteiger partial charge in [0.05, 0.1) is 0 Å². The lowest BCUT2D eigenvalue weighted by atomic mass is 9.98. The highest BCUT2D eigenvalue weighted by Gasteiger charge is 2.10. The van der Waals surface area contributed by atoms with Crippen molar-refractivity contribution < 1.29 is 4.79 Å². The lowest BCUT2D eigenvalue weighted by molar-refractivity contribution is 0.0940. The van der Waals surface area contributed by atoms with Gasteiger partial charge in [0, 0.05) is 17.2 Å². The van der Waals surface area contributed by atoms with Gasteiger partial charge in [-0.2, -0.15) is 0 Å². The van der Waals surface area contributed by atoms with Crippen molar-refractivity contribution in [2.75, 3.05) is 6.54 Å². The highest BCUT2D eigenvalue weighted by atomic mass is 79.9. The Kier molecular flexibility index (Phi) is 4.93. The summed E-state index contributed by atoms with van der Waals surface area (Å²) < 4.78 is 0.875. The van der Waals surface area contributed by atoms with Gasteiger partial charge < -0.3 is 5.32 Å². The van der Waals surface area contributed by atoms with Crippen molar-refractivity contribution in [2.24, 2.45) is 11.8 Å². The van der Waals surface area contributed by atoms with Gasteiger partial charge in [0.1, 0.15) is 5.69 Å². The minimum Gasteiger partial charge on any atom is -0.350 e. The second-order valence-electron chi connectivity index (χ2n) is 4.29. The number of hydrogen-bond donors (Lipinski definition) is 1. The monoisotopic (exact) mass is 284 g/mol. The summed E-state index contributed by atoms with van der Waals surface area (Å²) in [7, 11) is 0. The largest absolute Gasteiger partial charge is 0.350 e.